The molecule has 4 aromatic carbocycles. The molecule has 0 spiro atoms. The Hall–Kier alpha value is -7.24. The van der Waals surface area contributed by atoms with E-state index in [-0.39, 0.29) is 102 Å². The third kappa shape index (κ3) is 12.9. The zero-order chi connectivity index (χ0) is 59.6. The topological polar surface area (TPSA) is 206 Å². The number of aromatic nitrogens is 3. The Morgan fingerprint density at radius 3 is 2.45 bits per heavy atom. The van der Waals surface area contributed by atoms with Crippen molar-refractivity contribution in [3.63, 3.8) is 0 Å². The van der Waals surface area contributed by atoms with Crippen LogP contribution in [0.5, 0.6) is 11.8 Å². The number of nitrogens with one attached hydrogen (secondary N) is 2. The van der Waals surface area contributed by atoms with Gasteiger partial charge in [-0.15, -0.1) is 11.3 Å². The number of amides is 4. The summed E-state index contributed by atoms with van der Waals surface area (Å²) in [5.41, 5.74) is 4.61. The predicted molar refractivity (Wildman–Crippen MR) is 324 cm³/mol. The van der Waals surface area contributed by atoms with E-state index in [0.29, 0.717) is 53.7 Å². The zero-order valence-electron chi connectivity index (χ0n) is 48.6. The van der Waals surface area contributed by atoms with E-state index in [1.165, 1.54) is 12.1 Å². The lowest BCUT2D eigenvalue weighted by Gasteiger charge is -2.41. The highest BCUT2D eigenvalue weighted by Crippen LogP contribution is 2.44. The van der Waals surface area contributed by atoms with Gasteiger partial charge in [-0.3, -0.25) is 24.1 Å². The number of carbonyl (C=O) groups is 4. The normalized spacial score (nSPS) is 21.3. The number of piperazine rings is 1. The molecule has 1 saturated carbocycles. The van der Waals surface area contributed by atoms with Gasteiger partial charge in [-0.05, 0) is 134 Å². The quantitative estimate of drug-likeness (QED) is 0.0728. The Morgan fingerprint density at radius 2 is 1.74 bits per heavy atom. The molecule has 20 heteroatoms. The summed E-state index contributed by atoms with van der Waals surface area (Å²) in [4.78, 5) is 77.8. The number of halogens is 2. The summed E-state index contributed by atoms with van der Waals surface area (Å²) in [6.45, 7) is 18.2. The summed E-state index contributed by atoms with van der Waals surface area (Å²) in [6.07, 6.45) is 5.63. The number of nitriles is 1. The molecule has 3 aliphatic heterocycles. The van der Waals surface area contributed by atoms with Crippen molar-refractivity contribution >= 4 is 74.1 Å². The molecule has 4 fully saturated rings. The molecule has 5 heterocycles. The van der Waals surface area contributed by atoms with Crippen molar-refractivity contribution in [2.75, 3.05) is 57.4 Å². The Bertz CT molecular complexity index is 3490. The van der Waals surface area contributed by atoms with Crippen LogP contribution in [0.3, 0.4) is 0 Å². The van der Waals surface area contributed by atoms with Gasteiger partial charge in [0.05, 0.1) is 52.3 Å². The second kappa shape index (κ2) is 25.5. The van der Waals surface area contributed by atoms with Crippen LogP contribution in [0, 0.1) is 41.3 Å². The lowest BCUT2D eigenvalue weighted by atomic mass is 9.85. The standard InChI is InChI=1S/C64H74ClFN10O7S/c1-8-54(79)75-27-26-74(33-44(75)20-23-67)60-48-31-49(65)55(47-30-45(77)29-43-12-9-10-13-46(43)47)56(66)57(48)71-63(72-60)83-52-15-11-14-50(52)73-24-21-40(22-25-73)34-82-35-53(78)70-59(64(5,6)7)62(81)76-32-37(2)28-51(76)61(80)69-38(3)41-16-18-42(19-17-41)58-39(4)68-36-84-58/h8-10,12-13,16-19,29-31,36-38,40,44,50-52,59,77H,1,11,14-15,20-22,24-28,32-35H2,2-7H3,(H,69,80)(H,70,78)/t37-,38+,44+,50+,51+,52+,59-/m1/s1. The number of phenols is 1. The largest absolute Gasteiger partial charge is 0.508 e. The number of anilines is 1. The highest BCUT2D eigenvalue weighted by Gasteiger charge is 2.45. The molecule has 17 nitrogen and oxygen atoms in total. The molecule has 0 radical (unpaired) electrons. The van der Waals surface area contributed by atoms with E-state index in [2.05, 4.69) is 33.2 Å². The molecule has 0 unspecified atom stereocenters. The van der Waals surface area contributed by atoms with E-state index in [1.54, 1.807) is 33.3 Å². The number of ether oxygens (including phenoxy) is 2. The lowest BCUT2D eigenvalue weighted by Crippen LogP contribution is -2.58. The third-order valence-corrected chi connectivity index (χ3v) is 18.5. The first-order valence-electron chi connectivity index (χ1n) is 29.2. The van der Waals surface area contributed by atoms with Crippen LogP contribution in [-0.4, -0.2) is 141 Å². The SMILES string of the molecule is C=CC(=O)N1CCN(c2nc(O[C@H]3CCC[C@@H]3N3CCC(COCC(=O)N[C@H](C(=O)N4C[C@H](C)C[C@H]4C(=O)N[C@@H](C)c4ccc(-c5scnc5C)cc4)C(C)(C)C)CC3)nc3c(F)c(-c4cc(O)cc5ccccc45)c(Cl)cc23)C[C@@H]1CC#N. The van der Waals surface area contributed by atoms with Crippen LogP contribution in [0.25, 0.3) is 43.2 Å². The van der Waals surface area contributed by atoms with Crippen molar-refractivity contribution in [1.29, 1.82) is 5.26 Å². The first-order chi connectivity index (χ1) is 40.3. The number of hydrogen-bond donors (Lipinski definition) is 3. The number of benzene rings is 4. The number of aryl methyl sites for hydroxylation is 1. The van der Waals surface area contributed by atoms with Crippen LogP contribution in [-0.2, 0) is 23.9 Å². The lowest BCUT2D eigenvalue weighted by molar-refractivity contribution is -0.144. The van der Waals surface area contributed by atoms with Crippen LogP contribution in [0.1, 0.15) is 96.9 Å². The van der Waals surface area contributed by atoms with Gasteiger partial charge in [0.2, 0.25) is 23.6 Å². The predicted octanol–water partition coefficient (Wildman–Crippen LogP) is 10.2. The van der Waals surface area contributed by atoms with E-state index in [1.807, 2.05) is 100 Å². The molecule has 2 aromatic heterocycles. The molecule has 3 saturated heterocycles. The molecule has 442 valence electrons. The van der Waals surface area contributed by atoms with E-state index in [9.17, 15) is 29.5 Å². The molecule has 0 bridgehead atoms. The first-order valence-corrected chi connectivity index (χ1v) is 30.4. The van der Waals surface area contributed by atoms with Crippen molar-refractivity contribution in [2.24, 2.45) is 17.3 Å². The molecule has 1 aliphatic carbocycles. The van der Waals surface area contributed by atoms with E-state index in [0.717, 1.165) is 66.9 Å². The number of carbonyl (C=O) groups excluding carboxylic acids is 4. The van der Waals surface area contributed by atoms with E-state index in [4.69, 9.17) is 31.0 Å². The van der Waals surface area contributed by atoms with Gasteiger partial charge >= 0.3 is 6.01 Å². The van der Waals surface area contributed by atoms with Gasteiger partial charge in [0.1, 0.15) is 41.9 Å². The average molecular weight is 1180 g/mol. The van der Waals surface area contributed by atoms with Crippen molar-refractivity contribution in [1.82, 2.24) is 40.3 Å². The van der Waals surface area contributed by atoms with Crippen molar-refractivity contribution < 1.29 is 38.1 Å². The molecule has 4 amide bonds. The average Bonchev–Trinajstić information content (AvgIpc) is 1.88. The van der Waals surface area contributed by atoms with Crippen LogP contribution in [0.15, 0.2) is 84.9 Å². The van der Waals surface area contributed by atoms with Gasteiger partial charge in [0, 0.05) is 43.2 Å². The fourth-order valence-electron chi connectivity index (χ4n) is 12.8. The van der Waals surface area contributed by atoms with Gasteiger partial charge in [-0.2, -0.15) is 15.2 Å². The maximum Gasteiger partial charge on any atom is 0.319 e. The molecular formula is C64H74ClFN10O7S. The molecule has 7 atom stereocenters. The Morgan fingerprint density at radius 1 is 0.976 bits per heavy atom. The maximum atomic E-state index is 17.5. The van der Waals surface area contributed by atoms with Gasteiger partial charge in [-0.1, -0.05) is 94.4 Å². The third-order valence-electron chi connectivity index (χ3n) is 17.2. The van der Waals surface area contributed by atoms with E-state index < -0.39 is 35.3 Å². The summed E-state index contributed by atoms with van der Waals surface area (Å²) in [6, 6.07) is 20.1. The second-order valence-electron chi connectivity index (χ2n) is 24.2. The second-order valence-corrected chi connectivity index (χ2v) is 25.4. The van der Waals surface area contributed by atoms with E-state index >= 15 is 4.39 Å². The molecule has 3 N–H and O–H groups in total. The Balaban J connectivity index is 0.774. The fourth-order valence-corrected chi connectivity index (χ4v) is 13.9. The van der Waals surface area contributed by atoms with Crippen molar-refractivity contribution in [3.05, 3.63) is 107 Å². The number of fused-ring (bicyclic) bond motifs is 2. The fraction of sp³-hybridized carbons (Fsp3) is 0.469. The van der Waals surface area contributed by atoms with Crippen LogP contribution in [0.2, 0.25) is 5.02 Å². The first kappa shape index (κ1) is 59.9. The van der Waals surface area contributed by atoms with Crippen molar-refractivity contribution in [3.8, 4) is 39.4 Å². The Labute approximate surface area is 499 Å². The van der Waals surface area contributed by atoms with Crippen molar-refractivity contribution in [2.45, 2.75) is 123 Å². The van der Waals surface area contributed by atoms with Crippen LogP contribution >= 0.6 is 22.9 Å². The molecule has 6 aromatic rings. The number of aromatic hydroxyl groups is 1. The molecule has 84 heavy (non-hydrogen) atoms. The number of phenolic OH excluding ortho intramolecular Hbond substituents is 1. The number of thiazole rings is 1. The summed E-state index contributed by atoms with van der Waals surface area (Å²) < 4.78 is 30.4. The molecule has 4 aliphatic rings. The summed E-state index contributed by atoms with van der Waals surface area (Å²) >= 11 is 8.62. The minimum absolute atomic E-state index is 0.00750. The van der Waals surface area contributed by atoms with Gasteiger partial charge in [0.25, 0.3) is 0 Å². The monoisotopic (exact) mass is 1180 g/mol. The molecule has 10 rings (SSSR count). The number of likely N-dealkylation sites (tertiary alicyclic amines) is 2. The minimum atomic E-state index is -0.891. The number of hydrogen-bond acceptors (Lipinski definition) is 14. The summed E-state index contributed by atoms with van der Waals surface area (Å²) in [7, 11) is 0. The highest BCUT2D eigenvalue weighted by molar-refractivity contribution is 7.13. The van der Waals surface area contributed by atoms with Crippen LogP contribution in [0.4, 0.5) is 10.2 Å². The zero-order valence-corrected chi connectivity index (χ0v) is 50.1. The van der Waals surface area contributed by atoms with Gasteiger partial charge in [0.15, 0.2) is 5.82 Å². The number of rotatable bonds is 17. The number of piperidine rings is 1. The number of nitrogens with zero attached hydrogens (tertiary/aromatic N) is 8. The van der Waals surface area contributed by atoms with Gasteiger partial charge in [-0.25, -0.2) is 9.37 Å². The summed E-state index contributed by atoms with van der Waals surface area (Å²) in [5.74, 6) is -1.31. The molecular weight excluding hydrogens is 1110 g/mol. The minimum Gasteiger partial charge on any atom is -0.508 e. The summed E-state index contributed by atoms with van der Waals surface area (Å²) in [5, 5.41) is 28.6. The Kier molecular flexibility index (Phi) is 18.2. The highest BCUT2D eigenvalue weighted by atomic mass is 35.5. The maximum absolute atomic E-state index is 17.5. The van der Waals surface area contributed by atoms with Gasteiger partial charge < -0.3 is 39.9 Å². The smallest absolute Gasteiger partial charge is 0.319 e. The van der Waals surface area contributed by atoms with Crippen LogP contribution < -0.4 is 20.3 Å².